The quantitative estimate of drug-likeness (QED) is 0.325. The lowest BCUT2D eigenvalue weighted by atomic mass is 9.49. The molecule has 9 nitrogen and oxygen atoms in total. The summed E-state index contributed by atoms with van der Waals surface area (Å²) in [5.41, 5.74) is 5.80. The van der Waals surface area contributed by atoms with Gasteiger partial charge in [-0.3, -0.25) is 0 Å². The molecule has 3 unspecified atom stereocenters. The van der Waals surface area contributed by atoms with Gasteiger partial charge in [0.15, 0.2) is 0 Å². The van der Waals surface area contributed by atoms with Crippen LogP contribution in [0.5, 0.6) is 0 Å². The summed E-state index contributed by atoms with van der Waals surface area (Å²) in [6.07, 6.45) is 8.35. The minimum Gasteiger partial charge on any atom is -0.446 e. The normalized spacial score (nSPS) is 43.7. The van der Waals surface area contributed by atoms with Gasteiger partial charge in [0, 0.05) is 38.2 Å². The fraction of sp³-hybridized carbons (Fsp3) is 0.974. The molecule has 270 valence electrons. The molecule has 0 aromatic carbocycles. The number of carbonyl (C=O) groups excluding carboxylic acids is 1. The predicted molar refractivity (Wildman–Crippen MR) is 183 cm³/mol. The van der Waals surface area contributed by atoms with Gasteiger partial charge in [0.05, 0.1) is 29.5 Å². The zero-order chi connectivity index (χ0) is 34.2. The first-order valence-corrected chi connectivity index (χ1v) is 19.1. The largest absolute Gasteiger partial charge is 0.446 e. The number of ether oxygens (including phenoxy) is 3. The number of hydrogen-bond acceptors (Lipinski definition) is 8. The van der Waals surface area contributed by atoms with Gasteiger partial charge in [-0.05, 0) is 127 Å². The molecule has 0 aromatic heterocycles. The van der Waals surface area contributed by atoms with E-state index in [9.17, 15) is 15.0 Å². The van der Waals surface area contributed by atoms with Gasteiger partial charge in [-0.1, -0.05) is 27.7 Å². The molecule has 4 aliphatic carbocycles. The Hall–Kier alpha value is -0.970. The van der Waals surface area contributed by atoms with Crippen LogP contribution in [0.15, 0.2) is 0 Å². The maximum Gasteiger partial charge on any atom is 0.410 e. The molecular formula is C38H67N3O6. The van der Waals surface area contributed by atoms with Crippen LogP contribution >= 0.6 is 0 Å². The van der Waals surface area contributed by atoms with Crippen LogP contribution in [0.25, 0.3) is 0 Å². The van der Waals surface area contributed by atoms with E-state index in [0.29, 0.717) is 12.5 Å². The smallest absolute Gasteiger partial charge is 0.410 e. The van der Waals surface area contributed by atoms with Gasteiger partial charge in [0.25, 0.3) is 0 Å². The number of piperazine rings is 1. The zero-order valence-electron chi connectivity index (χ0n) is 30.8. The minimum atomic E-state index is -1.06. The number of hydrogen-bond donors (Lipinski definition) is 3. The van der Waals surface area contributed by atoms with Crippen molar-refractivity contribution in [2.45, 2.75) is 154 Å². The number of amides is 1. The van der Waals surface area contributed by atoms with Crippen molar-refractivity contribution in [3.8, 4) is 0 Å². The second-order valence-corrected chi connectivity index (χ2v) is 18.3. The lowest BCUT2D eigenvalue weighted by Crippen LogP contribution is -2.68. The maximum absolute atomic E-state index is 13.2. The van der Waals surface area contributed by atoms with Crippen LogP contribution in [0.2, 0.25) is 0 Å². The van der Waals surface area contributed by atoms with Gasteiger partial charge >= 0.3 is 6.09 Å². The van der Waals surface area contributed by atoms with Crippen molar-refractivity contribution in [2.24, 2.45) is 45.7 Å². The third kappa shape index (κ3) is 5.98. The molecule has 47 heavy (non-hydrogen) atoms. The summed E-state index contributed by atoms with van der Waals surface area (Å²) in [5.74, 6) is 1.08. The maximum atomic E-state index is 13.2. The van der Waals surface area contributed by atoms with E-state index in [4.69, 9.17) is 19.9 Å². The van der Waals surface area contributed by atoms with Crippen molar-refractivity contribution >= 4 is 6.09 Å². The first-order valence-electron chi connectivity index (χ1n) is 19.1. The number of carbonyl (C=O) groups is 1. The second-order valence-electron chi connectivity index (χ2n) is 18.3. The molecule has 0 radical (unpaired) electrons. The van der Waals surface area contributed by atoms with Crippen LogP contribution in [0, 0.1) is 39.9 Å². The van der Waals surface area contributed by atoms with E-state index < -0.39 is 23.3 Å². The highest BCUT2D eigenvalue weighted by atomic mass is 16.6. The van der Waals surface area contributed by atoms with Crippen molar-refractivity contribution in [2.75, 3.05) is 39.8 Å². The molecule has 0 bridgehead atoms. The topological polar surface area (TPSA) is 118 Å². The summed E-state index contributed by atoms with van der Waals surface area (Å²) in [6, 6.07) is 0. The van der Waals surface area contributed by atoms with Gasteiger partial charge in [-0.15, -0.1) is 0 Å². The summed E-state index contributed by atoms with van der Waals surface area (Å²) in [7, 11) is 2.10. The van der Waals surface area contributed by atoms with E-state index in [1.54, 1.807) is 13.8 Å². The number of aliphatic hydroxyl groups excluding tert-OH is 1. The van der Waals surface area contributed by atoms with E-state index in [1.807, 2.05) is 11.8 Å². The molecule has 1 amide bonds. The Labute approximate surface area is 284 Å². The summed E-state index contributed by atoms with van der Waals surface area (Å²) in [5, 5.41) is 23.5. The molecule has 0 aromatic rings. The lowest BCUT2D eigenvalue weighted by molar-refractivity contribution is -0.214. The molecule has 4 saturated carbocycles. The van der Waals surface area contributed by atoms with Crippen molar-refractivity contribution in [3.05, 3.63) is 0 Å². The van der Waals surface area contributed by atoms with Crippen LogP contribution in [-0.4, -0.2) is 108 Å². The van der Waals surface area contributed by atoms with Crippen LogP contribution < -0.4 is 5.73 Å². The minimum absolute atomic E-state index is 0.0908. The molecule has 2 saturated heterocycles. The van der Waals surface area contributed by atoms with Gasteiger partial charge in [0.2, 0.25) is 0 Å². The van der Waals surface area contributed by atoms with E-state index in [1.165, 1.54) is 19.3 Å². The molecule has 9 heteroatoms. The second kappa shape index (κ2) is 12.7. The first-order chi connectivity index (χ1) is 22.0. The number of nitrogens with two attached hydrogens (primary N) is 1. The van der Waals surface area contributed by atoms with Crippen molar-refractivity contribution in [1.29, 1.82) is 0 Å². The Balaban J connectivity index is 1.20. The van der Waals surface area contributed by atoms with E-state index in [2.05, 4.69) is 39.6 Å². The van der Waals surface area contributed by atoms with Crippen LogP contribution in [0.4, 0.5) is 4.79 Å². The van der Waals surface area contributed by atoms with Gasteiger partial charge < -0.3 is 40.0 Å². The van der Waals surface area contributed by atoms with Crippen molar-refractivity contribution in [1.82, 2.24) is 9.80 Å². The molecule has 6 rings (SSSR count). The standard InChI is InChI=1S/C38H67N3O6/c1-9-45-32(35(5,6)44)26-23-24(2)29-30(46-26)31(42)38(39)27(37(17-18-37)16-15-36(29,38)7)14-13-25-11-10-12-28(34(25,3)4)47-33(43)41-21-19-40(8)20-22-41/h24-32,42,44H,9-23,39H2,1-8H3/t24-,25+,26?,27?,28+,29+,30?,31+,32+,36-,38+/m1/s1. The fourth-order valence-corrected chi connectivity index (χ4v) is 11.8. The lowest BCUT2D eigenvalue weighted by Gasteiger charge is -2.58. The number of rotatable bonds is 8. The number of likely N-dealkylation sites (N-methyl/N-ethyl adjacent to an activating group) is 1. The Kier molecular flexibility index (Phi) is 9.66. The van der Waals surface area contributed by atoms with Crippen LogP contribution in [0.1, 0.15) is 113 Å². The van der Waals surface area contributed by atoms with Crippen molar-refractivity contribution < 1.29 is 29.2 Å². The monoisotopic (exact) mass is 662 g/mol. The predicted octanol–water partition coefficient (Wildman–Crippen LogP) is 5.20. The molecular weight excluding hydrogens is 594 g/mol. The highest BCUT2D eigenvalue weighted by molar-refractivity contribution is 5.68. The highest BCUT2D eigenvalue weighted by Gasteiger charge is 2.76. The van der Waals surface area contributed by atoms with Crippen LogP contribution in [-0.2, 0) is 14.2 Å². The number of fused-ring (bicyclic) bond motifs is 3. The Morgan fingerprint density at radius 1 is 1.06 bits per heavy atom. The van der Waals surface area contributed by atoms with E-state index >= 15 is 0 Å². The SMILES string of the molecule is CCO[C@@H](C1C[C@@H](C)[C@H]2C(O1)[C@H](O)[C@@]1(N)C(CC[C@@H]3CCC[C@H](OC(=O)N4CCN(C)CC4)C3(C)C)C3(CC3)CC[C@]21C)C(C)(C)O. The Morgan fingerprint density at radius 2 is 1.72 bits per heavy atom. The average molecular weight is 662 g/mol. The third-order valence-electron chi connectivity index (χ3n) is 14.9. The van der Waals surface area contributed by atoms with Crippen LogP contribution in [0.3, 0.4) is 0 Å². The third-order valence-corrected chi connectivity index (χ3v) is 14.9. The highest BCUT2D eigenvalue weighted by Crippen LogP contribution is 2.73. The Morgan fingerprint density at radius 3 is 2.34 bits per heavy atom. The van der Waals surface area contributed by atoms with E-state index in [-0.39, 0.29) is 58.4 Å². The van der Waals surface area contributed by atoms with Gasteiger partial charge in [0.1, 0.15) is 12.2 Å². The number of nitrogens with zero attached hydrogens (tertiary/aromatic N) is 2. The van der Waals surface area contributed by atoms with Crippen molar-refractivity contribution in [3.63, 3.8) is 0 Å². The summed E-state index contributed by atoms with van der Waals surface area (Å²) in [4.78, 5) is 17.4. The fourth-order valence-electron chi connectivity index (χ4n) is 11.8. The first kappa shape index (κ1) is 35.8. The van der Waals surface area contributed by atoms with Gasteiger partial charge in [-0.2, -0.15) is 0 Å². The molecule has 6 aliphatic rings. The molecule has 1 spiro atoms. The summed E-state index contributed by atoms with van der Waals surface area (Å²) in [6.45, 7) is 18.5. The molecule has 2 aliphatic heterocycles. The van der Waals surface area contributed by atoms with Gasteiger partial charge in [-0.25, -0.2) is 4.79 Å². The molecule has 2 heterocycles. The average Bonchev–Trinajstić information content (AvgIpc) is 3.75. The molecule has 6 fully saturated rings. The van der Waals surface area contributed by atoms with E-state index in [0.717, 1.165) is 71.1 Å². The molecule has 11 atom stereocenters. The summed E-state index contributed by atoms with van der Waals surface area (Å²) < 4.78 is 19.2. The number of aliphatic hydroxyl groups is 2. The zero-order valence-corrected chi connectivity index (χ0v) is 30.8. The summed E-state index contributed by atoms with van der Waals surface area (Å²) >= 11 is 0. The molecule has 4 N–H and O–H groups in total. The Bertz CT molecular complexity index is 1130.